The van der Waals surface area contributed by atoms with Gasteiger partial charge in [-0.3, -0.25) is 10.1 Å². The topological polar surface area (TPSA) is 80.8 Å². The summed E-state index contributed by atoms with van der Waals surface area (Å²) in [6.45, 7) is 0. The van der Waals surface area contributed by atoms with Crippen LogP contribution in [0, 0.1) is 0 Å². The maximum atomic E-state index is 11.8. The molecule has 18 heavy (non-hydrogen) atoms. The standard InChI is InChI=1S/C9H5F3N4O2/c10-9(11,12)18-8(17)7-14-6(15-16-7)5-3-1-2-4-13-5/h1-4H,(H,14,15,16). The Kier molecular flexibility index (Phi) is 2.96. The highest BCUT2D eigenvalue weighted by atomic mass is 19.4. The summed E-state index contributed by atoms with van der Waals surface area (Å²) in [7, 11) is 0. The molecule has 0 amide bonds. The molecule has 2 aromatic rings. The van der Waals surface area contributed by atoms with Gasteiger partial charge in [0, 0.05) is 6.20 Å². The van der Waals surface area contributed by atoms with Crippen LogP contribution in [0.15, 0.2) is 24.4 Å². The summed E-state index contributed by atoms with van der Waals surface area (Å²) in [4.78, 5) is 18.4. The van der Waals surface area contributed by atoms with E-state index in [1.165, 1.54) is 6.20 Å². The molecule has 0 bridgehead atoms. The van der Waals surface area contributed by atoms with Crippen molar-refractivity contribution in [3.8, 4) is 11.5 Å². The first kappa shape index (κ1) is 12.0. The number of ether oxygens (including phenoxy) is 1. The first-order valence-corrected chi connectivity index (χ1v) is 4.59. The van der Waals surface area contributed by atoms with Crippen LogP contribution in [0.1, 0.15) is 10.6 Å². The number of alkyl halides is 3. The first-order valence-electron chi connectivity index (χ1n) is 4.59. The molecule has 9 heteroatoms. The van der Waals surface area contributed by atoms with E-state index >= 15 is 0 Å². The third kappa shape index (κ3) is 2.81. The van der Waals surface area contributed by atoms with Gasteiger partial charge < -0.3 is 4.74 Å². The Labute approximate surface area is 97.8 Å². The fraction of sp³-hybridized carbons (Fsp3) is 0.111. The van der Waals surface area contributed by atoms with Crippen LogP contribution < -0.4 is 0 Å². The molecule has 0 aliphatic rings. The highest BCUT2D eigenvalue weighted by molar-refractivity contribution is 5.85. The number of hydrogen-bond donors (Lipinski definition) is 1. The molecule has 0 unspecified atom stereocenters. The lowest BCUT2D eigenvalue weighted by atomic mass is 10.3. The molecule has 6 nitrogen and oxygen atoms in total. The molecule has 0 radical (unpaired) electrons. The number of halogens is 3. The molecule has 2 heterocycles. The third-order valence-corrected chi connectivity index (χ3v) is 1.78. The van der Waals surface area contributed by atoms with Crippen LogP contribution in [0.5, 0.6) is 0 Å². The number of nitrogens with one attached hydrogen (secondary N) is 1. The van der Waals surface area contributed by atoms with E-state index in [4.69, 9.17) is 0 Å². The Hall–Kier alpha value is -2.45. The summed E-state index contributed by atoms with van der Waals surface area (Å²) in [5.41, 5.74) is 0.319. The van der Waals surface area contributed by atoms with Crippen molar-refractivity contribution in [2.45, 2.75) is 6.36 Å². The number of nitrogens with zero attached hydrogens (tertiary/aromatic N) is 3. The molecule has 94 valence electrons. The van der Waals surface area contributed by atoms with Gasteiger partial charge in [-0.2, -0.15) is 10.1 Å². The summed E-state index contributed by atoms with van der Waals surface area (Å²) in [6.07, 6.45) is -3.60. The van der Waals surface area contributed by atoms with E-state index < -0.39 is 18.2 Å². The Morgan fingerprint density at radius 1 is 1.33 bits per heavy atom. The molecule has 0 atom stereocenters. The molecule has 0 saturated heterocycles. The zero-order chi connectivity index (χ0) is 13.2. The number of carbonyl (C=O) groups is 1. The predicted molar refractivity (Wildman–Crippen MR) is 51.1 cm³/mol. The number of pyridine rings is 1. The van der Waals surface area contributed by atoms with Gasteiger partial charge in [0.2, 0.25) is 5.82 Å². The number of aromatic nitrogens is 4. The lowest BCUT2D eigenvalue weighted by Gasteiger charge is -2.03. The van der Waals surface area contributed by atoms with E-state index in [1.54, 1.807) is 18.2 Å². The van der Waals surface area contributed by atoms with Crippen molar-refractivity contribution in [2.75, 3.05) is 0 Å². The van der Waals surface area contributed by atoms with Crippen LogP contribution in [-0.4, -0.2) is 32.5 Å². The van der Waals surface area contributed by atoms with Crippen LogP contribution >= 0.6 is 0 Å². The summed E-state index contributed by atoms with van der Waals surface area (Å²) in [6, 6.07) is 4.84. The van der Waals surface area contributed by atoms with Gasteiger partial charge in [-0.25, -0.2) is 4.79 Å². The fourth-order valence-electron chi connectivity index (χ4n) is 1.12. The summed E-state index contributed by atoms with van der Waals surface area (Å²) < 4.78 is 38.6. The number of esters is 1. The van der Waals surface area contributed by atoms with Crippen molar-refractivity contribution in [1.82, 2.24) is 20.2 Å². The molecule has 0 aliphatic carbocycles. The second-order valence-corrected chi connectivity index (χ2v) is 3.06. The van der Waals surface area contributed by atoms with Crippen LogP contribution in [0.25, 0.3) is 11.5 Å². The van der Waals surface area contributed by atoms with E-state index in [2.05, 4.69) is 24.9 Å². The van der Waals surface area contributed by atoms with Crippen molar-refractivity contribution in [1.29, 1.82) is 0 Å². The van der Waals surface area contributed by atoms with E-state index in [-0.39, 0.29) is 5.82 Å². The van der Waals surface area contributed by atoms with Gasteiger partial charge in [-0.05, 0) is 12.1 Å². The molecule has 0 aliphatic heterocycles. The summed E-state index contributed by atoms with van der Waals surface area (Å²) >= 11 is 0. The monoisotopic (exact) mass is 258 g/mol. The average Bonchev–Trinajstić information content (AvgIpc) is 2.77. The smallest absolute Gasteiger partial charge is 0.367 e. The SMILES string of the molecule is O=C(OC(F)(F)F)c1nc(-c2ccccn2)n[nH]1. The lowest BCUT2D eigenvalue weighted by molar-refractivity contribution is -0.292. The molecule has 2 rings (SSSR count). The Balaban J connectivity index is 2.19. The number of hydrogen-bond acceptors (Lipinski definition) is 5. The van der Waals surface area contributed by atoms with Gasteiger partial charge >= 0.3 is 12.3 Å². The Bertz CT molecular complexity index is 552. The first-order chi connectivity index (χ1) is 8.46. The predicted octanol–water partition coefficient (Wildman–Crippen LogP) is 1.54. The number of H-pyrrole nitrogens is 1. The van der Waals surface area contributed by atoms with Gasteiger partial charge in [0.1, 0.15) is 5.69 Å². The molecule has 0 saturated carbocycles. The summed E-state index contributed by atoms with van der Waals surface area (Å²) in [5, 5.41) is 5.62. The van der Waals surface area contributed by atoms with Gasteiger partial charge in [0.15, 0.2) is 5.82 Å². The van der Waals surface area contributed by atoms with Crippen molar-refractivity contribution < 1.29 is 22.7 Å². The van der Waals surface area contributed by atoms with Crippen LogP contribution in [0.3, 0.4) is 0 Å². The van der Waals surface area contributed by atoms with Crippen molar-refractivity contribution in [3.63, 3.8) is 0 Å². The Morgan fingerprint density at radius 3 is 2.72 bits per heavy atom. The minimum Gasteiger partial charge on any atom is -0.367 e. The highest BCUT2D eigenvalue weighted by Gasteiger charge is 2.35. The van der Waals surface area contributed by atoms with Gasteiger partial charge in [-0.1, -0.05) is 6.07 Å². The molecule has 0 fully saturated rings. The average molecular weight is 258 g/mol. The van der Waals surface area contributed by atoms with Gasteiger partial charge in [-0.15, -0.1) is 13.2 Å². The minimum atomic E-state index is -5.06. The van der Waals surface area contributed by atoms with E-state index in [0.717, 1.165) is 0 Å². The molecule has 2 aromatic heterocycles. The second kappa shape index (κ2) is 4.43. The van der Waals surface area contributed by atoms with Crippen LogP contribution in [0.4, 0.5) is 13.2 Å². The largest absolute Gasteiger partial charge is 0.575 e. The molecular formula is C9H5F3N4O2. The fourth-order valence-corrected chi connectivity index (χ4v) is 1.12. The zero-order valence-electron chi connectivity index (χ0n) is 8.60. The lowest BCUT2D eigenvalue weighted by Crippen LogP contribution is -2.20. The third-order valence-electron chi connectivity index (χ3n) is 1.78. The summed E-state index contributed by atoms with van der Waals surface area (Å²) in [5.74, 6) is -2.30. The highest BCUT2D eigenvalue weighted by Crippen LogP contribution is 2.18. The number of carbonyl (C=O) groups excluding carboxylic acids is 1. The van der Waals surface area contributed by atoms with E-state index in [0.29, 0.717) is 5.69 Å². The molecule has 1 N–H and O–H groups in total. The molecule has 0 aromatic carbocycles. The van der Waals surface area contributed by atoms with Crippen LogP contribution in [0.2, 0.25) is 0 Å². The van der Waals surface area contributed by atoms with Crippen molar-refractivity contribution in [3.05, 3.63) is 30.2 Å². The quantitative estimate of drug-likeness (QED) is 0.826. The maximum Gasteiger partial charge on any atom is 0.575 e. The van der Waals surface area contributed by atoms with Crippen molar-refractivity contribution in [2.24, 2.45) is 0 Å². The van der Waals surface area contributed by atoms with Gasteiger partial charge in [0.05, 0.1) is 0 Å². The zero-order valence-corrected chi connectivity index (χ0v) is 8.60. The van der Waals surface area contributed by atoms with Crippen LogP contribution in [-0.2, 0) is 4.74 Å². The maximum absolute atomic E-state index is 11.8. The van der Waals surface area contributed by atoms with Gasteiger partial charge in [0.25, 0.3) is 0 Å². The van der Waals surface area contributed by atoms with E-state index in [9.17, 15) is 18.0 Å². The minimum absolute atomic E-state index is 0.00437. The number of rotatable bonds is 2. The normalized spacial score (nSPS) is 11.3. The molecular weight excluding hydrogens is 253 g/mol. The molecule has 0 spiro atoms. The number of aromatic amines is 1. The van der Waals surface area contributed by atoms with E-state index in [1.807, 2.05) is 0 Å². The second-order valence-electron chi connectivity index (χ2n) is 3.06. The van der Waals surface area contributed by atoms with Crippen molar-refractivity contribution >= 4 is 5.97 Å². The Morgan fingerprint density at radius 2 is 2.11 bits per heavy atom.